The fraction of sp³-hybridized carbons (Fsp3) is 0.158. The Kier molecular flexibility index (Phi) is 6.31. The predicted molar refractivity (Wildman–Crippen MR) is 102 cm³/mol. The van der Waals surface area contributed by atoms with Crippen LogP contribution in [0.25, 0.3) is 10.9 Å². The van der Waals surface area contributed by atoms with Crippen molar-refractivity contribution in [2.45, 2.75) is 17.7 Å². The van der Waals surface area contributed by atoms with Gasteiger partial charge in [0.25, 0.3) is 5.91 Å². The van der Waals surface area contributed by atoms with Crippen LogP contribution in [0.1, 0.15) is 16.1 Å². The molecule has 0 aliphatic heterocycles. The highest BCUT2D eigenvalue weighted by atomic mass is 32.2. The maximum Gasteiger partial charge on any atom is 0.491 e. The van der Waals surface area contributed by atoms with E-state index in [0.717, 1.165) is 30.7 Å². The smallest absolute Gasteiger partial charge is 0.415 e. The van der Waals surface area contributed by atoms with Gasteiger partial charge in [-0.1, -0.05) is 0 Å². The molecule has 1 aromatic carbocycles. The Balaban J connectivity index is 2.13. The average Bonchev–Trinajstić information content (AvgIpc) is 2.69. The quantitative estimate of drug-likeness (QED) is 0.433. The van der Waals surface area contributed by atoms with Gasteiger partial charge >= 0.3 is 12.1 Å². The van der Waals surface area contributed by atoms with E-state index in [-0.39, 0.29) is 10.9 Å². The maximum atomic E-state index is 13.3. The molecule has 3 rings (SSSR count). The van der Waals surface area contributed by atoms with E-state index in [2.05, 4.69) is 20.0 Å². The molecule has 2 heterocycles. The first-order chi connectivity index (χ1) is 15.3. The molecule has 0 aliphatic carbocycles. The highest BCUT2D eigenvalue weighted by molar-refractivity contribution is 7.90. The molecule has 1 amide bonds. The van der Waals surface area contributed by atoms with Crippen LogP contribution in [0.3, 0.4) is 0 Å². The number of pyridine rings is 2. The van der Waals surface area contributed by atoms with Crippen molar-refractivity contribution in [2.75, 3.05) is 6.26 Å². The van der Waals surface area contributed by atoms with Gasteiger partial charge in [-0.05, 0) is 29.8 Å². The van der Waals surface area contributed by atoms with Crippen molar-refractivity contribution >= 4 is 32.6 Å². The lowest BCUT2D eigenvalue weighted by molar-refractivity contribution is -0.189. The molecular weight excluding hydrogens is 477 g/mol. The van der Waals surface area contributed by atoms with Gasteiger partial charge in [0.1, 0.15) is 17.2 Å². The van der Waals surface area contributed by atoms with Crippen LogP contribution in [0.2, 0.25) is 0 Å². The number of hydrogen-bond acceptors (Lipinski definition) is 7. The number of halogens is 5. The van der Waals surface area contributed by atoms with E-state index < -0.39 is 68.1 Å². The molecule has 0 fully saturated rings. The molecule has 0 atom stereocenters. The Hall–Kier alpha value is -3.68. The summed E-state index contributed by atoms with van der Waals surface area (Å²) < 4.78 is 93.8. The highest BCUT2D eigenvalue weighted by Crippen LogP contribution is 2.33. The van der Waals surface area contributed by atoms with E-state index in [4.69, 9.17) is 0 Å². The normalized spacial score (nSPS) is 11.9. The zero-order valence-corrected chi connectivity index (χ0v) is 17.2. The second-order valence-electron chi connectivity index (χ2n) is 6.61. The molecule has 174 valence electrons. The summed E-state index contributed by atoms with van der Waals surface area (Å²) in [7, 11) is -4.13. The summed E-state index contributed by atoms with van der Waals surface area (Å²) in [5, 5.41) is 1.13. The SMILES string of the molecule is CS(=O)(=O)c1nc(C(=O)NCc2cc(F)cc(F)c2)c(OC(=O)C(F)(F)F)c2ncccc12. The Morgan fingerprint density at radius 2 is 1.76 bits per heavy atom. The molecule has 14 heteroatoms. The molecule has 0 saturated carbocycles. The van der Waals surface area contributed by atoms with Crippen molar-refractivity contribution in [2.24, 2.45) is 0 Å². The number of esters is 1. The van der Waals surface area contributed by atoms with E-state index in [1.165, 1.54) is 6.07 Å². The number of amides is 1. The Labute approximate surface area is 182 Å². The average molecular weight is 489 g/mol. The number of benzene rings is 1. The number of fused-ring (bicyclic) bond motifs is 1. The third-order valence-corrected chi connectivity index (χ3v) is 5.06. The maximum absolute atomic E-state index is 13.3. The van der Waals surface area contributed by atoms with Crippen LogP contribution < -0.4 is 10.1 Å². The number of hydrogen-bond donors (Lipinski definition) is 1. The number of carbonyl (C=O) groups is 2. The van der Waals surface area contributed by atoms with Gasteiger partial charge in [0.15, 0.2) is 26.3 Å². The van der Waals surface area contributed by atoms with Crippen molar-refractivity contribution < 1.29 is 44.7 Å². The summed E-state index contributed by atoms with van der Waals surface area (Å²) in [5.74, 6) is -6.94. The number of aromatic nitrogens is 2. The minimum absolute atomic E-state index is 0.0584. The predicted octanol–water partition coefficient (Wildman–Crippen LogP) is 2.71. The Morgan fingerprint density at radius 1 is 1.12 bits per heavy atom. The minimum Gasteiger partial charge on any atom is -0.415 e. The molecule has 0 radical (unpaired) electrons. The first-order valence-electron chi connectivity index (χ1n) is 8.78. The molecule has 1 N–H and O–H groups in total. The van der Waals surface area contributed by atoms with Crippen LogP contribution in [0.5, 0.6) is 5.75 Å². The van der Waals surface area contributed by atoms with E-state index in [1.807, 2.05) is 0 Å². The number of rotatable bonds is 5. The molecule has 0 spiro atoms. The molecule has 33 heavy (non-hydrogen) atoms. The van der Waals surface area contributed by atoms with Crippen molar-refractivity contribution in [3.63, 3.8) is 0 Å². The van der Waals surface area contributed by atoms with Gasteiger partial charge in [0, 0.05) is 30.4 Å². The summed E-state index contributed by atoms with van der Waals surface area (Å²) in [6.45, 7) is -0.518. The molecular formula is C19H12F5N3O5S. The minimum atomic E-state index is -5.45. The zero-order valence-electron chi connectivity index (χ0n) is 16.4. The molecule has 0 saturated heterocycles. The van der Waals surface area contributed by atoms with Gasteiger partial charge in [-0.2, -0.15) is 13.2 Å². The molecule has 0 bridgehead atoms. The van der Waals surface area contributed by atoms with Crippen LogP contribution in [0.4, 0.5) is 22.0 Å². The van der Waals surface area contributed by atoms with Gasteiger partial charge in [-0.15, -0.1) is 0 Å². The fourth-order valence-electron chi connectivity index (χ4n) is 2.75. The summed E-state index contributed by atoms with van der Waals surface area (Å²) in [4.78, 5) is 31.5. The lowest BCUT2D eigenvalue weighted by Gasteiger charge is -2.15. The summed E-state index contributed by atoms with van der Waals surface area (Å²) >= 11 is 0. The number of alkyl halides is 3. The summed E-state index contributed by atoms with van der Waals surface area (Å²) in [6.07, 6.45) is -3.65. The molecule has 3 aromatic rings. The lowest BCUT2D eigenvalue weighted by atomic mass is 10.2. The molecule has 8 nitrogen and oxygen atoms in total. The van der Waals surface area contributed by atoms with E-state index in [1.54, 1.807) is 0 Å². The second kappa shape index (κ2) is 8.69. The van der Waals surface area contributed by atoms with Crippen molar-refractivity contribution in [1.29, 1.82) is 0 Å². The van der Waals surface area contributed by atoms with Crippen LogP contribution in [0.15, 0.2) is 41.6 Å². The third kappa shape index (κ3) is 5.39. The van der Waals surface area contributed by atoms with Crippen molar-refractivity contribution in [3.8, 4) is 5.75 Å². The third-order valence-electron chi connectivity index (χ3n) is 4.05. The first-order valence-corrected chi connectivity index (χ1v) is 10.7. The largest absolute Gasteiger partial charge is 0.491 e. The molecule has 2 aromatic heterocycles. The van der Waals surface area contributed by atoms with Crippen LogP contribution in [-0.2, 0) is 21.2 Å². The van der Waals surface area contributed by atoms with Crippen molar-refractivity contribution in [3.05, 3.63) is 59.4 Å². The Bertz CT molecular complexity index is 1360. The van der Waals surface area contributed by atoms with Gasteiger partial charge in [-0.3, -0.25) is 9.78 Å². The van der Waals surface area contributed by atoms with Gasteiger partial charge in [0.2, 0.25) is 0 Å². The van der Waals surface area contributed by atoms with E-state index >= 15 is 0 Å². The lowest BCUT2D eigenvalue weighted by Crippen LogP contribution is -2.31. The summed E-state index contributed by atoms with van der Waals surface area (Å²) in [6, 6.07) is 4.74. The van der Waals surface area contributed by atoms with Crippen LogP contribution in [-0.4, -0.2) is 42.7 Å². The standard InChI is InChI=1S/C19H12F5N3O5S/c1-33(30,31)17-12-3-2-4-25-13(12)15(32-18(29)19(22,23)24)14(27-17)16(28)26-8-9-5-10(20)7-11(21)6-9/h2-7H,8H2,1H3,(H,26,28). The van der Waals surface area contributed by atoms with E-state index in [9.17, 15) is 40.0 Å². The number of sulfone groups is 1. The van der Waals surface area contributed by atoms with Gasteiger partial charge in [0.05, 0.1) is 0 Å². The number of nitrogens with zero attached hydrogens (tertiary/aromatic N) is 2. The van der Waals surface area contributed by atoms with Gasteiger partial charge in [-0.25, -0.2) is 27.0 Å². The van der Waals surface area contributed by atoms with E-state index in [0.29, 0.717) is 6.07 Å². The molecule has 0 aliphatic rings. The second-order valence-corrected chi connectivity index (χ2v) is 8.55. The number of carbonyl (C=O) groups excluding carboxylic acids is 2. The topological polar surface area (TPSA) is 115 Å². The number of ether oxygens (including phenoxy) is 1. The highest BCUT2D eigenvalue weighted by Gasteiger charge is 2.43. The molecule has 0 unspecified atom stereocenters. The monoisotopic (exact) mass is 489 g/mol. The van der Waals surface area contributed by atoms with Crippen molar-refractivity contribution in [1.82, 2.24) is 15.3 Å². The summed E-state index contributed by atoms with van der Waals surface area (Å²) in [5.41, 5.74) is -1.61. The fourth-order valence-corrected chi connectivity index (χ4v) is 3.57. The zero-order chi connectivity index (χ0) is 24.6. The number of nitrogens with one attached hydrogen (secondary N) is 1. The van der Waals surface area contributed by atoms with Crippen LogP contribution >= 0.6 is 0 Å². The first kappa shape index (κ1) is 24.0. The van der Waals surface area contributed by atoms with Crippen LogP contribution in [0, 0.1) is 11.6 Å². The van der Waals surface area contributed by atoms with Gasteiger partial charge < -0.3 is 10.1 Å². The Morgan fingerprint density at radius 3 is 2.33 bits per heavy atom.